The fraction of sp³-hybridized carbons (Fsp3) is 0.184. The lowest BCUT2D eigenvalue weighted by Crippen LogP contribution is -2.40. The van der Waals surface area contributed by atoms with E-state index in [1.54, 1.807) is 69.7 Å². The molecule has 0 N–H and O–H groups in total. The number of carbonyl (C=O) groups excluding carboxylic acids is 1. The number of fused-ring (bicyclic) bond motifs is 1. The van der Waals surface area contributed by atoms with Gasteiger partial charge in [-0.1, -0.05) is 89.1 Å². The SMILES string of the molecule is CCOC(=O)C1=C(c2ccccc2)N=c2s/c(=C\c3cccc(OC)c3OCc3ccc(Cl)cc3Cl)c(=O)n2[C@@H]1c1ccc(OC)c(OC)c1. The van der Waals surface area contributed by atoms with Crippen LogP contribution in [0.1, 0.15) is 35.2 Å². The molecule has 5 aromatic rings. The third-order valence-electron chi connectivity index (χ3n) is 8.00. The first kappa shape index (κ1) is 34.8. The topological polar surface area (TPSA) is 97.6 Å². The second-order valence-corrected chi connectivity index (χ2v) is 12.8. The minimum atomic E-state index is -0.907. The first-order valence-electron chi connectivity index (χ1n) is 15.5. The second-order valence-electron chi connectivity index (χ2n) is 10.9. The van der Waals surface area contributed by atoms with E-state index in [4.69, 9.17) is 51.9 Å². The third-order valence-corrected chi connectivity index (χ3v) is 9.57. The molecule has 256 valence electrons. The van der Waals surface area contributed by atoms with Crippen LogP contribution in [0.15, 0.2) is 100 Å². The number of methoxy groups -OCH3 is 3. The molecule has 0 aliphatic carbocycles. The number of halogens is 2. The van der Waals surface area contributed by atoms with Gasteiger partial charge < -0.3 is 23.7 Å². The second kappa shape index (κ2) is 15.2. The molecule has 9 nitrogen and oxygen atoms in total. The number of hydrogen-bond donors (Lipinski definition) is 0. The highest BCUT2D eigenvalue weighted by Gasteiger charge is 2.35. The number of para-hydroxylation sites is 1. The molecular weight excluding hydrogens is 699 g/mol. The normalized spacial score (nSPS) is 14.1. The van der Waals surface area contributed by atoms with Crippen LogP contribution in [0, 0.1) is 0 Å². The van der Waals surface area contributed by atoms with E-state index in [9.17, 15) is 9.59 Å². The van der Waals surface area contributed by atoms with Crippen molar-refractivity contribution in [3.8, 4) is 23.0 Å². The number of ether oxygens (including phenoxy) is 5. The van der Waals surface area contributed by atoms with E-state index in [0.29, 0.717) is 64.8 Å². The van der Waals surface area contributed by atoms with E-state index in [1.165, 1.54) is 23.0 Å². The van der Waals surface area contributed by atoms with Gasteiger partial charge in [-0.2, -0.15) is 0 Å². The van der Waals surface area contributed by atoms with E-state index in [1.807, 2.05) is 42.5 Å². The molecule has 12 heteroatoms. The maximum absolute atomic E-state index is 14.5. The molecule has 0 amide bonds. The first-order chi connectivity index (χ1) is 24.3. The maximum atomic E-state index is 14.5. The predicted octanol–water partition coefficient (Wildman–Crippen LogP) is 6.85. The average molecular weight is 732 g/mol. The molecule has 0 saturated heterocycles. The number of thiazole rings is 1. The first-order valence-corrected chi connectivity index (χ1v) is 17.1. The summed E-state index contributed by atoms with van der Waals surface area (Å²) >= 11 is 13.7. The number of carbonyl (C=O) groups is 1. The van der Waals surface area contributed by atoms with Gasteiger partial charge in [0.1, 0.15) is 6.61 Å². The van der Waals surface area contributed by atoms with Gasteiger partial charge in [0, 0.05) is 26.7 Å². The smallest absolute Gasteiger partial charge is 0.338 e. The van der Waals surface area contributed by atoms with Gasteiger partial charge in [-0.3, -0.25) is 9.36 Å². The molecule has 6 rings (SSSR count). The van der Waals surface area contributed by atoms with Crippen molar-refractivity contribution in [3.05, 3.63) is 142 Å². The zero-order valence-electron chi connectivity index (χ0n) is 27.6. The van der Waals surface area contributed by atoms with Gasteiger partial charge in [0.05, 0.1) is 49.8 Å². The van der Waals surface area contributed by atoms with Gasteiger partial charge in [0.15, 0.2) is 27.8 Å². The van der Waals surface area contributed by atoms with E-state index < -0.39 is 12.0 Å². The van der Waals surface area contributed by atoms with Gasteiger partial charge in [-0.05, 0) is 48.9 Å². The monoisotopic (exact) mass is 730 g/mol. The Hall–Kier alpha value is -5.03. The molecule has 0 radical (unpaired) electrons. The van der Waals surface area contributed by atoms with Gasteiger partial charge in [0.2, 0.25) is 0 Å². The number of aromatic nitrogens is 1. The lowest BCUT2D eigenvalue weighted by Gasteiger charge is -2.26. The third kappa shape index (κ3) is 6.87. The largest absolute Gasteiger partial charge is 0.493 e. The lowest BCUT2D eigenvalue weighted by atomic mass is 9.93. The van der Waals surface area contributed by atoms with Gasteiger partial charge >= 0.3 is 5.97 Å². The highest BCUT2D eigenvalue weighted by molar-refractivity contribution is 7.07. The van der Waals surface area contributed by atoms with Crippen molar-refractivity contribution in [2.75, 3.05) is 27.9 Å². The van der Waals surface area contributed by atoms with Gasteiger partial charge in [-0.15, -0.1) is 0 Å². The Morgan fingerprint density at radius 3 is 2.36 bits per heavy atom. The van der Waals surface area contributed by atoms with Crippen LogP contribution in [-0.2, 0) is 16.1 Å². The number of benzene rings is 4. The zero-order valence-corrected chi connectivity index (χ0v) is 29.9. The lowest BCUT2D eigenvalue weighted by molar-refractivity contribution is -0.138. The molecule has 0 unspecified atom stereocenters. The average Bonchev–Trinajstić information content (AvgIpc) is 3.44. The Kier molecular flexibility index (Phi) is 10.6. The van der Waals surface area contributed by atoms with E-state index in [-0.39, 0.29) is 24.3 Å². The van der Waals surface area contributed by atoms with Crippen LogP contribution in [0.5, 0.6) is 23.0 Å². The summed E-state index contributed by atoms with van der Waals surface area (Å²) in [5.74, 6) is 1.23. The van der Waals surface area contributed by atoms with E-state index in [2.05, 4.69) is 0 Å². The van der Waals surface area contributed by atoms with Crippen LogP contribution in [0.2, 0.25) is 10.0 Å². The van der Waals surface area contributed by atoms with Crippen LogP contribution >= 0.6 is 34.5 Å². The number of rotatable bonds is 11. The number of hydrogen-bond acceptors (Lipinski definition) is 9. The molecule has 1 aliphatic rings. The molecule has 0 spiro atoms. The molecular formula is C38H32Cl2N2O7S. The van der Waals surface area contributed by atoms with Crippen molar-refractivity contribution in [2.45, 2.75) is 19.6 Å². The van der Waals surface area contributed by atoms with Gasteiger partial charge in [-0.25, -0.2) is 9.79 Å². The molecule has 0 fully saturated rings. The van der Waals surface area contributed by atoms with Crippen molar-refractivity contribution >= 4 is 52.3 Å². The Morgan fingerprint density at radius 2 is 1.66 bits per heavy atom. The van der Waals surface area contributed by atoms with Crippen LogP contribution in [0.4, 0.5) is 0 Å². The summed E-state index contributed by atoms with van der Waals surface area (Å²) < 4.78 is 30.5. The minimum absolute atomic E-state index is 0.126. The molecule has 2 heterocycles. The molecule has 1 atom stereocenters. The van der Waals surface area contributed by atoms with Crippen LogP contribution in [-0.4, -0.2) is 38.5 Å². The molecule has 1 aliphatic heterocycles. The van der Waals surface area contributed by atoms with E-state index in [0.717, 1.165) is 5.56 Å². The summed E-state index contributed by atoms with van der Waals surface area (Å²) in [6, 6.07) is 24.3. The summed E-state index contributed by atoms with van der Waals surface area (Å²) in [6.07, 6.45) is 1.73. The predicted molar refractivity (Wildman–Crippen MR) is 194 cm³/mol. The Labute approximate surface area is 302 Å². The number of nitrogens with zero attached hydrogens (tertiary/aromatic N) is 2. The molecule has 0 saturated carbocycles. The highest BCUT2D eigenvalue weighted by Crippen LogP contribution is 2.39. The van der Waals surface area contributed by atoms with Crippen molar-refractivity contribution in [2.24, 2.45) is 4.99 Å². The Bertz CT molecular complexity index is 2280. The van der Waals surface area contributed by atoms with Crippen molar-refractivity contribution in [1.82, 2.24) is 4.57 Å². The van der Waals surface area contributed by atoms with Crippen LogP contribution in [0.3, 0.4) is 0 Å². The van der Waals surface area contributed by atoms with Crippen molar-refractivity contribution in [1.29, 1.82) is 0 Å². The molecule has 0 bridgehead atoms. The highest BCUT2D eigenvalue weighted by atomic mass is 35.5. The Balaban J connectivity index is 1.57. The maximum Gasteiger partial charge on any atom is 0.338 e. The molecule has 50 heavy (non-hydrogen) atoms. The fourth-order valence-corrected chi connectivity index (χ4v) is 7.13. The number of esters is 1. The van der Waals surface area contributed by atoms with Gasteiger partial charge in [0.25, 0.3) is 5.56 Å². The summed E-state index contributed by atoms with van der Waals surface area (Å²) in [7, 11) is 4.61. The minimum Gasteiger partial charge on any atom is -0.493 e. The summed E-state index contributed by atoms with van der Waals surface area (Å²) in [4.78, 5) is 33.7. The Morgan fingerprint density at radius 1 is 0.900 bits per heavy atom. The van der Waals surface area contributed by atoms with Crippen LogP contribution in [0.25, 0.3) is 11.8 Å². The summed E-state index contributed by atoms with van der Waals surface area (Å²) in [5, 5.41) is 0.976. The van der Waals surface area contributed by atoms with Crippen LogP contribution < -0.4 is 33.8 Å². The summed E-state index contributed by atoms with van der Waals surface area (Å²) in [5.41, 5.74) is 2.88. The molecule has 1 aromatic heterocycles. The molecule has 4 aromatic carbocycles. The fourth-order valence-electron chi connectivity index (χ4n) is 5.67. The standard InChI is InChI=1S/C38H32Cl2N2O7S/c1-5-48-37(44)32-33(22-10-7-6-8-11-22)41-38-42(34(32)23-15-17-28(45-2)30(18-23)47-4)36(43)31(50-38)19-24-12-9-13-29(46-3)35(24)49-21-25-14-16-26(39)20-27(25)40/h6-20,34H,5,21H2,1-4H3/b31-19-/t34-/m1/s1. The summed E-state index contributed by atoms with van der Waals surface area (Å²) in [6.45, 7) is 1.99. The quantitative estimate of drug-likeness (QED) is 0.137. The van der Waals surface area contributed by atoms with Crippen molar-refractivity contribution < 1.29 is 28.5 Å². The van der Waals surface area contributed by atoms with Crippen molar-refractivity contribution in [3.63, 3.8) is 0 Å². The van der Waals surface area contributed by atoms with E-state index >= 15 is 0 Å². The zero-order chi connectivity index (χ0) is 35.4.